The SMILES string of the molecule is CNC(=N)N(C)C(=N)NCc1ccc2c(c1)OCO2. The average molecular weight is 263 g/mol. The van der Waals surface area contributed by atoms with Crippen LogP contribution >= 0.6 is 0 Å². The van der Waals surface area contributed by atoms with Crippen molar-refractivity contribution in [3.05, 3.63) is 23.8 Å². The molecule has 0 radical (unpaired) electrons. The third kappa shape index (κ3) is 2.87. The van der Waals surface area contributed by atoms with E-state index >= 15 is 0 Å². The predicted octanol–water partition coefficient (Wildman–Crippen LogP) is 0.526. The van der Waals surface area contributed by atoms with E-state index < -0.39 is 0 Å². The van der Waals surface area contributed by atoms with Crippen LogP contribution in [-0.4, -0.2) is 37.7 Å². The number of fused-ring (bicyclic) bond motifs is 1. The maximum absolute atomic E-state index is 7.81. The molecule has 0 saturated carbocycles. The summed E-state index contributed by atoms with van der Waals surface area (Å²) in [6.07, 6.45) is 0. The zero-order chi connectivity index (χ0) is 13.8. The standard InChI is InChI=1S/C12H17N5O2/c1-15-11(13)17(2)12(14)16-6-8-3-4-9-10(5-8)19-7-18-9/h3-5H,6-7H2,1-2H3,(H2,13,15)(H2,14,16). The Balaban J connectivity index is 1.92. The first-order valence-corrected chi connectivity index (χ1v) is 5.83. The van der Waals surface area contributed by atoms with E-state index in [1.54, 1.807) is 14.1 Å². The molecule has 0 atom stereocenters. The summed E-state index contributed by atoms with van der Waals surface area (Å²) in [5, 5.41) is 21.0. The molecule has 1 aliphatic heterocycles. The van der Waals surface area contributed by atoms with Gasteiger partial charge < -0.3 is 20.1 Å². The zero-order valence-electron chi connectivity index (χ0n) is 10.9. The van der Waals surface area contributed by atoms with Crippen LogP contribution in [-0.2, 0) is 6.54 Å². The summed E-state index contributed by atoms with van der Waals surface area (Å²) >= 11 is 0. The van der Waals surface area contributed by atoms with Crippen molar-refractivity contribution < 1.29 is 9.47 Å². The molecule has 0 fully saturated rings. The normalized spacial score (nSPS) is 11.9. The second-order valence-corrected chi connectivity index (χ2v) is 4.05. The Kier molecular flexibility index (Phi) is 3.74. The highest BCUT2D eigenvalue weighted by molar-refractivity contribution is 5.95. The number of rotatable bonds is 2. The van der Waals surface area contributed by atoms with E-state index in [-0.39, 0.29) is 18.7 Å². The lowest BCUT2D eigenvalue weighted by Crippen LogP contribution is -2.45. The third-order valence-corrected chi connectivity index (χ3v) is 2.80. The third-order valence-electron chi connectivity index (χ3n) is 2.80. The molecule has 0 aromatic heterocycles. The summed E-state index contributed by atoms with van der Waals surface area (Å²) in [6, 6.07) is 5.64. The molecule has 4 N–H and O–H groups in total. The van der Waals surface area contributed by atoms with Gasteiger partial charge in [-0.3, -0.25) is 15.7 Å². The van der Waals surface area contributed by atoms with Crippen LogP contribution in [0.4, 0.5) is 0 Å². The van der Waals surface area contributed by atoms with E-state index in [0.29, 0.717) is 6.54 Å². The van der Waals surface area contributed by atoms with Crippen molar-refractivity contribution in [1.82, 2.24) is 15.5 Å². The Labute approximate surface area is 111 Å². The van der Waals surface area contributed by atoms with Gasteiger partial charge >= 0.3 is 0 Å². The van der Waals surface area contributed by atoms with Gasteiger partial charge in [0.2, 0.25) is 6.79 Å². The van der Waals surface area contributed by atoms with E-state index in [2.05, 4.69) is 10.6 Å². The highest BCUT2D eigenvalue weighted by atomic mass is 16.7. The smallest absolute Gasteiger partial charge is 0.231 e. The summed E-state index contributed by atoms with van der Waals surface area (Å²) in [4.78, 5) is 1.41. The monoisotopic (exact) mass is 263 g/mol. The summed E-state index contributed by atoms with van der Waals surface area (Å²) in [6.45, 7) is 0.737. The van der Waals surface area contributed by atoms with Crippen LogP contribution in [0, 0.1) is 10.8 Å². The van der Waals surface area contributed by atoms with E-state index in [9.17, 15) is 0 Å². The molecule has 1 aromatic carbocycles. The second-order valence-electron chi connectivity index (χ2n) is 4.05. The summed E-state index contributed by atoms with van der Waals surface area (Å²) in [7, 11) is 3.29. The average Bonchev–Trinajstić information content (AvgIpc) is 2.90. The van der Waals surface area contributed by atoms with Gasteiger partial charge in [-0.2, -0.15) is 0 Å². The lowest BCUT2D eigenvalue weighted by molar-refractivity contribution is 0.174. The van der Waals surface area contributed by atoms with Crippen LogP contribution in [0.15, 0.2) is 18.2 Å². The van der Waals surface area contributed by atoms with Gasteiger partial charge in [0.05, 0.1) is 0 Å². The largest absolute Gasteiger partial charge is 0.454 e. The Morgan fingerprint density at radius 2 is 2.00 bits per heavy atom. The minimum absolute atomic E-state index is 0.150. The van der Waals surface area contributed by atoms with Gasteiger partial charge in [-0.25, -0.2) is 0 Å². The van der Waals surface area contributed by atoms with Crippen molar-refractivity contribution in [2.45, 2.75) is 6.54 Å². The van der Waals surface area contributed by atoms with Gasteiger partial charge in [-0.15, -0.1) is 0 Å². The Bertz CT molecular complexity index is 503. The van der Waals surface area contributed by atoms with Crippen LogP contribution in [0.3, 0.4) is 0 Å². The molecular formula is C12H17N5O2. The van der Waals surface area contributed by atoms with E-state index in [4.69, 9.17) is 20.3 Å². The van der Waals surface area contributed by atoms with Crippen LogP contribution < -0.4 is 20.1 Å². The number of ether oxygens (including phenoxy) is 2. The quantitative estimate of drug-likeness (QED) is 0.461. The molecule has 0 unspecified atom stereocenters. The van der Waals surface area contributed by atoms with Crippen LogP contribution in [0.25, 0.3) is 0 Å². The summed E-state index contributed by atoms with van der Waals surface area (Å²) in [5.41, 5.74) is 0.985. The van der Waals surface area contributed by atoms with Crippen molar-refractivity contribution in [2.75, 3.05) is 20.9 Å². The maximum Gasteiger partial charge on any atom is 0.231 e. The van der Waals surface area contributed by atoms with Crippen LogP contribution in [0.5, 0.6) is 11.5 Å². The summed E-state index contributed by atoms with van der Waals surface area (Å²) < 4.78 is 10.5. The molecule has 0 aliphatic carbocycles. The van der Waals surface area contributed by atoms with Crippen LogP contribution in [0.2, 0.25) is 0 Å². The highest BCUT2D eigenvalue weighted by Gasteiger charge is 2.13. The van der Waals surface area contributed by atoms with Gasteiger partial charge in [-0.05, 0) is 17.7 Å². The topological polar surface area (TPSA) is 93.5 Å². The van der Waals surface area contributed by atoms with E-state index in [1.807, 2.05) is 18.2 Å². The van der Waals surface area contributed by atoms with Gasteiger partial charge in [0, 0.05) is 20.6 Å². The summed E-state index contributed by atoms with van der Waals surface area (Å²) in [5.74, 6) is 1.77. The minimum Gasteiger partial charge on any atom is -0.454 e. The van der Waals surface area contributed by atoms with Crippen LogP contribution in [0.1, 0.15) is 5.56 Å². The number of hydrogen-bond acceptors (Lipinski definition) is 4. The van der Waals surface area contributed by atoms with Gasteiger partial charge in [-0.1, -0.05) is 6.07 Å². The van der Waals surface area contributed by atoms with E-state index in [1.165, 1.54) is 4.90 Å². The van der Waals surface area contributed by atoms with Crippen molar-refractivity contribution in [3.63, 3.8) is 0 Å². The van der Waals surface area contributed by atoms with Gasteiger partial charge in [0.25, 0.3) is 0 Å². The molecular weight excluding hydrogens is 246 g/mol. The Morgan fingerprint density at radius 3 is 2.74 bits per heavy atom. The molecule has 0 bridgehead atoms. The predicted molar refractivity (Wildman–Crippen MR) is 71.7 cm³/mol. The molecule has 0 amide bonds. The van der Waals surface area contributed by atoms with Gasteiger partial charge in [0.1, 0.15) is 0 Å². The zero-order valence-corrected chi connectivity index (χ0v) is 10.9. The first kappa shape index (κ1) is 13.0. The number of hydrogen-bond donors (Lipinski definition) is 4. The van der Waals surface area contributed by atoms with Crippen molar-refractivity contribution in [2.24, 2.45) is 0 Å². The maximum atomic E-state index is 7.81. The second kappa shape index (κ2) is 5.47. The van der Waals surface area contributed by atoms with Crippen molar-refractivity contribution in [1.29, 1.82) is 10.8 Å². The lowest BCUT2D eigenvalue weighted by atomic mass is 10.2. The van der Waals surface area contributed by atoms with Gasteiger partial charge in [0.15, 0.2) is 23.4 Å². The molecule has 1 heterocycles. The minimum atomic E-state index is 0.150. The fourth-order valence-electron chi connectivity index (χ4n) is 1.63. The fourth-order valence-corrected chi connectivity index (χ4v) is 1.63. The number of benzene rings is 1. The number of nitrogens with one attached hydrogen (secondary N) is 4. The molecule has 0 spiro atoms. The Morgan fingerprint density at radius 1 is 1.26 bits per heavy atom. The molecule has 1 aromatic rings. The number of nitrogens with zero attached hydrogens (tertiary/aromatic N) is 1. The first-order chi connectivity index (χ1) is 9.11. The van der Waals surface area contributed by atoms with Crippen molar-refractivity contribution in [3.8, 4) is 11.5 Å². The van der Waals surface area contributed by atoms with E-state index in [0.717, 1.165) is 17.1 Å². The molecule has 2 rings (SSSR count). The molecule has 102 valence electrons. The molecule has 7 heteroatoms. The molecule has 7 nitrogen and oxygen atoms in total. The number of guanidine groups is 2. The highest BCUT2D eigenvalue weighted by Crippen LogP contribution is 2.32. The first-order valence-electron chi connectivity index (χ1n) is 5.83. The molecule has 19 heavy (non-hydrogen) atoms. The molecule has 0 saturated heterocycles. The Hall–Kier alpha value is -2.44. The lowest BCUT2D eigenvalue weighted by Gasteiger charge is -2.20. The molecule has 1 aliphatic rings. The fraction of sp³-hybridized carbons (Fsp3) is 0.333. The van der Waals surface area contributed by atoms with Crippen molar-refractivity contribution >= 4 is 11.9 Å².